The molecule has 0 fully saturated rings. The SMILES string of the molecule is O=C(NCc1ccno1)c1ccc([N+](=O)[O-])cc1Cl. The molecule has 7 nitrogen and oxygen atoms in total. The lowest BCUT2D eigenvalue weighted by Crippen LogP contribution is -2.22. The van der Waals surface area contributed by atoms with Crippen molar-refractivity contribution in [2.75, 3.05) is 0 Å². The van der Waals surface area contributed by atoms with Gasteiger partial charge in [0, 0.05) is 18.2 Å². The fourth-order valence-electron chi connectivity index (χ4n) is 1.40. The van der Waals surface area contributed by atoms with Gasteiger partial charge in [0.2, 0.25) is 0 Å². The fraction of sp³-hybridized carbons (Fsp3) is 0.0909. The Morgan fingerprint density at radius 3 is 2.84 bits per heavy atom. The molecule has 0 aliphatic carbocycles. The molecule has 0 saturated heterocycles. The van der Waals surface area contributed by atoms with Gasteiger partial charge in [0.25, 0.3) is 11.6 Å². The fourth-order valence-corrected chi connectivity index (χ4v) is 1.66. The molecule has 0 atom stereocenters. The lowest BCUT2D eigenvalue weighted by Gasteiger charge is -2.04. The van der Waals surface area contributed by atoms with E-state index >= 15 is 0 Å². The molecule has 19 heavy (non-hydrogen) atoms. The Bertz CT molecular complexity index is 612. The third-order valence-corrected chi connectivity index (χ3v) is 2.64. The first-order valence-corrected chi connectivity index (χ1v) is 5.57. The van der Waals surface area contributed by atoms with Gasteiger partial charge in [-0.15, -0.1) is 0 Å². The van der Waals surface area contributed by atoms with Gasteiger partial charge in [-0.05, 0) is 6.07 Å². The molecule has 1 aromatic heterocycles. The number of nitrogens with one attached hydrogen (secondary N) is 1. The Morgan fingerprint density at radius 1 is 1.47 bits per heavy atom. The number of hydrogen-bond donors (Lipinski definition) is 1. The van der Waals surface area contributed by atoms with Crippen molar-refractivity contribution in [2.45, 2.75) is 6.54 Å². The molecule has 2 aromatic rings. The lowest BCUT2D eigenvalue weighted by atomic mass is 10.2. The van der Waals surface area contributed by atoms with Crippen molar-refractivity contribution < 1.29 is 14.2 Å². The number of nitro benzene ring substituents is 1. The van der Waals surface area contributed by atoms with E-state index in [-0.39, 0.29) is 22.8 Å². The molecule has 0 radical (unpaired) electrons. The molecule has 0 saturated carbocycles. The Hall–Kier alpha value is -2.41. The van der Waals surface area contributed by atoms with Crippen molar-refractivity contribution >= 4 is 23.2 Å². The Balaban J connectivity index is 2.09. The van der Waals surface area contributed by atoms with Crippen LogP contribution in [0.15, 0.2) is 35.0 Å². The van der Waals surface area contributed by atoms with Gasteiger partial charge in [-0.3, -0.25) is 14.9 Å². The number of rotatable bonds is 4. The predicted octanol–water partition coefficient (Wildman–Crippen LogP) is 2.17. The Labute approximate surface area is 112 Å². The van der Waals surface area contributed by atoms with Crippen molar-refractivity contribution in [1.29, 1.82) is 0 Å². The average molecular weight is 282 g/mol. The molecule has 1 heterocycles. The van der Waals surface area contributed by atoms with Crippen LogP contribution in [0.5, 0.6) is 0 Å². The number of non-ortho nitro benzene ring substituents is 1. The number of benzene rings is 1. The number of aromatic nitrogens is 1. The summed E-state index contributed by atoms with van der Waals surface area (Å²) in [4.78, 5) is 21.8. The largest absolute Gasteiger partial charge is 0.360 e. The molecule has 0 unspecified atom stereocenters. The Kier molecular flexibility index (Phi) is 3.76. The minimum atomic E-state index is -0.581. The van der Waals surface area contributed by atoms with Gasteiger partial charge in [-0.2, -0.15) is 0 Å². The number of carbonyl (C=O) groups is 1. The zero-order chi connectivity index (χ0) is 13.8. The third-order valence-electron chi connectivity index (χ3n) is 2.32. The number of hydrogen-bond acceptors (Lipinski definition) is 5. The highest BCUT2D eigenvalue weighted by molar-refractivity contribution is 6.34. The molecule has 1 N–H and O–H groups in total. The highest BCUT2D eigenvalue weighted by Gasteiger charge is 2.14. The maximum absolute atomic E-state index is 11.8. The van der Waals surface area contributed by atoms with E-state index in [1.54, 1.807) is 6.07 Å². The van der Waals surface area contributed by atoms with Crippen molar-refractivity contribution in [2.24, 2.45) is 0 Å². The van der Waals surface area contributed by atoms with Gasteiger partial charge in [0.05, 0.1) is 28.3 Å². The van der Waals surface area contributed by atoms with Crippen LogP contribution in [-0.2, 0) is 6.54 Å². The quantitative estimate of drug-likeness (QED) is 0.684. The Morgan fingerprint density at radius 2 is 2.26 bits per heavy atom. The van der Waals surface area contributed by atoms with E-state index in [1.165, 1.54) is 18.3 Å². The van der Waals surface area contributed by atoms with E-state index in [1.807, 2.05) is 0 Å². The molecule has 0 aliphatic heterocycles. The van der Waals surface area contributed by atoms with Crippen molar-refractivity contribution in [3.8, 4) is 0 Å². The lowest BCUT2D eigenvalue weighted by molar-refractivity contribution is -0.384. The van der Waals surface area contributed by atoms with Crippen molar-refractivity contribution in [3.63, 3.8) is 0 Å². The minimum absolute atomic E-state index is 0.0178. The van der Waals surface area contributed by atoms with Crippen LogP contribution in [0.1, 0.15) is 16.1 Å². The zero-order valence-corrected chi connectivity index (χ0v) is 10.3. The summed E-state index contributed by atoms with van der Waals surface area (Å²) in [6.07, 6.45) is 1.46. The first kappa shape index (κ1) is 13.0. The van der Waals surface area contributed by atoms with Gasteiger partial charge in [-0.25, -0.2) is 0 Å². The molecular weight excluding hydrogens is 274 g/mol. The van der Waals surface area contributed by atoms with Crippen molar-refractivity contribution in [3.05, 3.63) is 56.9 Å². The van der Waals surface area contributed by atoms with E-state index < -0.39 is 10.8 Å². The molecule has 0 bridgehead atoms. The minimum Gasteiger partial charge on any atom is -0.360 e. The standard InChI is InChI=1S/C11H8ClN3O4/c12-10-5-7(15(17)18)1-2-9(10)11(16)13-6-8-3-4-14-19-8/h1-5H,6H2,(H,13,16). The van der Waals surface area contributed by atoms with E-state index in [9.17, 15) is 14.9 Å². The summed E-state index contributed by atoms with van der Waals surface area (Å²) in [6.45, 7) is 0.159. The second-order valence-electron chi connectivity index (χ2n) is 3.58. The summed E-state index contributed by atoms with van der Waals surface area (Å²) in [5, 5.41) is 16.6. The van der Waals surface area contributed by atoms with Crippen LogP contribution < -0.4 is 5.32 Å². The normalized spacial score (nSPS) is 10.2. The number of nitro groups is 1. The van der Waals surface area contributed by atoms with Crippen LogP contribution in [0.4, 0.5) is 5.69 Å². The van der Waals surface area contributed by atoms with Crippen molar-refractivity contribution in [1.82, 2.24) is 10.5 Å². The van der Waals surface area contributed by atoms with Gasteiger partial charge < -0.3 is 9.84 Å². The van der Waals surface area contributed by atoms with Crippen LogP contribution in [0.25, 0.3) is 0 Å². The van der Waals surface area contributed by atoms with E-state index in [0.29, 0.717) is 5.76 Å². The van der Waals surface area contributed by atoms with Crippen LogP contribution in [0.2, 0.25) is 5.02 Å². The average Bonchev–Trinajstić information content (AvgIpc) is 2.88. The smallest absolute Gasteiger partial charge is 0.270 e. The monoisotopic (exact) mass is 281 g/mol. The summed E-state index contributed by atoms with van der Waals surface area (Å²) in [6, 6.07) is 5.26. The predicted molar refractivity (Wildman–Crippen MR) is 65.8 cm³/mol. The number of amides is 1. The maximum Gasteiger partial charge on any atom is 0.270 e. The van der Waals surface area contributed by atoms with Gasteiger partial charge in [0.1, 0.15) is 0 Å². The van der Waals surface area contributed by atoms with Gasteiger partial charge >= 0.3 is 0 Å². The van der Waals surface area contributed by atoms with Crippen LogP contribution in [-0.4, -0.2) is 16.0 Å². The van der Waals surface area contributed by atoms with E-state index in [4.69, 9.17) is 16.1 Å². The highest BCUT2D eigenvalue weighted by Crippen LogP contribution is 2.22. The van der Waals surface area contributed by atoms with Gasteiger partial charge in [0.15, 0.2) is 5.76 Å². The van der Waals surface area contributed by atoms with Crippen LogP contribution >= 0.6 is 11.6 Å². The third kappa shape index (κ3) is 3.08. The number of nitrogens with zero attached hydrogens (tertiary/aromatic N) is 2. The first-order valence-electron chi connectivity index (χ1n) is 5.19. The molecule has 0 aliphatic rings. The number of halogens is 1. The van der Waals surface area contributed by atoms with Crippen LogP contribution in [0.3, 0.4) is 0 Å². The summed E-state index contributed by atoms with van der Waals surface area (Å²) in [5.41, 5.74) is -0.0106. The summed E-state index contributed by atoms with van der Waals surface area (Å²) < 4.78 is 4.81. The molecule has 0 spiro atoms. The topological polar surface area (TPSA) is 98.3 Å². The van der Waals surface area contributed by atoms with Crippen LogP contribution in [0, 0.1) is 10.1 Å². The molecule has 8 heteroatoms. The number of carbonyl (C=O) groups excluding carboxylic acids is 1. The maximum atomic E-state index is 11.8. The van der Waals surface area contributed by atoms with E-state index in [2.05, 4.69) is 10.5 Å². The molecular formula is C11H8ClN3O4. The summed E-state index contributed by atoms with van der Waals surface area (Å²) >= 11 is 5.83. The summed E-state index contributed by atoms with van der Waals surface area (Å²) in [7, 11) is 0. The second kappa shape index (κ2) is 5.49. The first-order chi connectivity index (χ1) is 9.08. The summed E-state index contributed by atoms with van der Waals surface area (Å²) in [5.74, 6) is 0.0442. The highest BCUT2D eigenvalue weighted by atomic mass is 35.5. The molecule has 98 valence electrons. The molecule has 2 rings (SSSR count). The van der Waals surface area contributed by atoms with E-state index in [0.717, 1.165) is 6.07 Å². The second-order valence-corrected chi connectivity index (χ2v) is 3.99. The molecule has 1 aromatic carbocycles. The zero-order valence-electron chi connectivity index (χ0n) is 9.50. The molecule has 1 amide bonds. The van der Waals surface area contributed by atoms with Gasteiger partial charge in [-0.1, -0.05) is 16.8 Å².